The minimum atomic E-state index is -1.07. The molecule has 0 unspecified atom stereocenters. The number of nitrogens with one attached hydrogen (secondary N) is 2. The zero-order chi connectivity index (χ0) is 20.8. The molecule has 1 aliphatic rings. The van der Waals surface area contributed by atoms with Crippen LogP contribution in [-0.2, 0) is 0 Å². The van der Waals surface area contributed by atoms with Crippen molar-refractivity contribution in [3.05, 3.63) is 63.0 Å². The number of rotatable bonds is 4. The van der Waals surface area contributed by atoms with E-state index >= 15 is 0 Å². The van der Waals surface area contributed by atoms with Crippen LogP contribution in [0.3, 0.4) is 0 Å². The number of aromatic amines is 2. The molecule has 0 saturated heterocycles. The van der Waals surface area contributed by atoms with Crippen LogP contribution in [0.15, 0.2) is 34.2 Å². The lowest BCUT2D eigenvalue weighted by Gasteiger charge is -2.04. The molecule has 10 nitrogen and oxygen atoms in total. The number of hydrogen-bond donors (Lipinski definition) is 3. The molecule has 1 aliphatic carbocycles. The van der Waals surface area contributed by atoms with Gasteiger partial charge in [0.25, 0.3) is 5.62 Å². The van der Waals surface area contributed by atoms with E-state index in [9.17, 15) is 18.7 Å². The van der Waals surface area contributed by atoms with Crippen molar-refractivity contribution in [2.24, 2.45) is 4.99 Å². The van der Waals surface area contributed by atoms with E-state index in [1.54, 1.807) is 0 Å². The fourth-order valence-electron chi connectivity index (χ4n) is 2.75. The van der Waals surface area contributed by atoms with Gasteiger partial charge in [-0.2, -0.15) is 19.6 Å². The van der Waals surface area contributed by atoms with Crippen LogP contribution >= 0.6 is 0 Å². The van der Waals surface area contributed by atoms with E-state index in [2.05, 4.69) is 30.0 Å². The summed E-state index contributed by atoms with van der Waals surface area (Å²) in [5, 5.41) is 14.5. The molecular weight excluding hydrogens is 400 g/mol. The molecule has 0 radical (unpaired) electrons. The molecule has 1 fully saturated rings. The molecule has 0 spiro atoms. The first kappa shape index (κ1) is 18.0. The Labute approximate surface area is 165 Å². The number of aromatic hydroxyl groups is 1. The molecule has 0 atom stereocenters. The molecule has 0 bridgehead atoms. The summed E-state index contributed by atoms with van der Waals surface area (Å²) >= 11 is 0. The third-order valence-corrected chi connectivity index (χ3v) is 4.34. The molecule has 3 heterocycles. The van der Waals surface area contributed by atoms with Crippen LogP contribution in [-0.4, -0.2) is 40.7 Å². The van der Waals surface area contributed by atoms with Gasteiger partial charge in [0, 0.05) is 11.3 Å². The molecule has 3 aromatic heterocycles. The second-order valence-electron chi connectivity index (χ2n) is 6.67. The highest BCUT2D eigenvalue weighted by Gasteiger charge is 2.21. The summed E-state index contributed by atoms with van der Waals surface area (Å²) < 4.78 is 33.6. The lowest BCUT2D eigenvalue weighted by molar-refractivity contribution is 0.425. The molecule has 3 N–H and O–H groups in total. The highest BCUT2D eigenvalue weighted by Crippen LogP contribution is 2.23. The summed E-state index contributed by atoms with van der Waals surface area (Å²) in [6.07, 6.45) is 4.76. The fraction of sp³-hybridized carbons (Fsp3) is 0.167. The Bertz CT molecular complexity index is 1450. The first-order valence-electron chi connectivity index (χ1n) is 8.92. The van der Waals surface area contributed by atoms with Gasteiger partial charge >= 0.3 is 11.7 Å². The van der Waals surface area contributed by atoms with Gasteiger partial charge in [0.15, 0.2) is 17.3 Å². The number of fused-ring (bicyclic) bond motifs is 1. The van der Waals surface area contributed by atoms with E-state index in [0.717, 1.165) is 25.0 Å². The number of imidazole rings is 1. The summed E-state index contributed by atoms with van der Waals surface area (Å²) in [5.41, 5.74) is 0.0730. The van der Waals surface area contributed by atoms with Crippen molar-refractivity contribution in [1.82, 2.24) is 29.5 Å². The molecule has 1 aromatic carbocycles. The van der Waals surface area contributed by atoms with E-state index in [-0.39, 0.29) is 40.6 Å². The molecule has 1 saturated carbocycles. The van der Waals surface area contributed by atoms with Crippen molar-refractivity contribution >= 4 is 11.7 Å². The van der Waals surface area contributed by atoms with Gasteiger partial charge in [-0.15, -0.1) is 0 Å². The molecule has 5 rings (SSSR count). The van der Waals surface area contributed by atoms with Crippen LogP contribution in [0.4, 0.5) is 8.78 Å². The van der Waals surface area contributed by atoms with Crippen LogP contribution < -0.4 is 21.3 Å². The Morgan fingerprint density at radius 3 is 2.77 bits per heavy atom. The minimum Gasteiger partial charge on any atom is -0.493 e. The van der Waals surface area contributed by atoms with Gasteiger partial charge in [0.05, 0.1) is 12.2 Å². The minimum absolute atomic E-state index is 0.00766. The number of hydrogen-bond acceptors (Lipinski definition) is 7. The lowest BCUT2D eigenvalue weighted by Crippen LogP contribution is -2.23. The number of ether oxygens (including phenoxy) is 1. The molecule has 30 heavy (non-hydrogen) atoms. The Morgan fingerprint density at radius 1 is 1.23 bits per heavy atom. The Kier molecular flexibility index (Phi) is 4.05. The van der Waals surface area contributed by atoms with Gasteiger partial charge in [0.1, 0.15) is 11.4 Å². The zero-order valence-corrected chi connectivity index (χ0v) is 15.1. The van der Waals surface area contributed by atoms with Crippen molar-refractivity contribution in [1.29, 1.82) is 0 Å². The van der Waals surface area contributed by atoms with Crippen LogP contribution in [0.1, 0.15) is 18.5 Å². The largest absolute Gasteiger partial charge is 0.493 e. The van der Waals surface area contributed by atoms with Gasteiger partial charge in [-0.25, -0.2) is 18.6 Å². The molecule has 0 amide bonds. The summed E-state index contributed by atoms with van der Waals surface area (Å²) in [4.78, 5) is 29.0. The summed E-state index contributed by atoms with van der Waals surface area (Å²) in [6, 6.07) is 3.03. The first-order valence-corrected chi connectivity index (χ1v) is 8.92. The second-order valence-corrected chi connectivity index (χ2v) is 6.67. The highest BCUT2D eigenvalue weighted by atomic mass is 19.2. The van der Waals surface area contributed by atoms with Crippen LogP contribution in [0.5, 0.6) is 17.6 Å². The van der Waals surface area contributed by atoms with E-state index in [1.165, 1.54) is 22.9 Å². The monoisotopic (exact) mass is 413 g/mol. The number of halogens is 2. The average molecular weight is 413 g/mol. The van der Waals surface area contributed by atoms with Gasteiger partial charge in [0.2, 0.25) is 5.88 Å². The fourth-order valence-corrected chi connectivity index (χ4v) is 2.75. The van der Waals surface area contributed by atoms with E-state index in [0.29, 0.717) is 5.22 Å². The van der Waals surface area contributed by atoms with Gasteiger partial charge in [-0.05, 0) is 31.1 Å². The summed E-state index contributed by atoms with van der Waals surface area (Å²) in [5.74, 6) is -2.40. The second kappa shape index (κ2) is 6.76. The maximum Gasteiger partial charge on any atom is 0.327 e. The third kappa shape index (κ3) is 3.38. The predicted octanol–water partition coefficient (Wildman–Crippen LogP) is 0.528. The SMILES string of the molecule is O=c1[nH]c(O)c(C=c2cnn3c(=NC4CC4)nc(Oc4ccc(F)c(F)c4)nc23)[nH]1. The molecule has 152 valence electrons. The number of benzene rings is 1. The zero-order valence-electron chi connectivity index (χ0n) is 15.1. The predicted molar refractivity (Wildman–Crippen MR) is 97.7 cm³/mol. The van der Waals surface area contributed by atoms with Gasteiger partial charge in [-0.1, -0.05) is 0 Å². The van der Waals surface area contributed by atoms with Crippen molar-refractivity contribution < 1.29 is 18.6 Å². The maximum absolute atomic E-state index is 13.5. The summed E-state index contributed by atoms with van der Waals surface area (Å²) in [6.45, 7) is 0. The van der Waals surface area contributed by atoms with Gasteiger partial charge in [-0.3, -0.25) is 4.98 Å². The Hall–Kier alpha value is -4.09. The topological polar surface area (TPSA) is 134 Å². The van der Waals surface area contributed by atoms with Crippen LogP contribution in [0.2, 0.25) is 0 Å². The molecule has 0 aliphatic heterocycles. The quantitative estimate of drug-likeness (QED) is 0.447. The van der Waals surface area contributed by atoms with Crippen molar-refractivity contribution in [3.8, 4) is 17.6 Å². The Morgan fingerprint density at radius 2 is 2.07 bits per heavy atom. The normalized spacial score (nSPS) is 15.3. The highest BCUT2D eigenvalue weighted by molar-refractivity contribution is 5.56. The number of aromatic nitrogens is 6. The van der Waals surface area contributed by atoms with E-state index < -0.39 is 17.3 Å². The number of nitrogens with zero attached hydrogens (tertiary/aromatic N) is 5. The number of H-pyrrole nitrogens is 2. The van der Waals surface area contributed by atoms with Gasteiger partial charge < -0.3 is 14.8 Å². The molecular formula is C18H13F2N7O3. The Balaban J connectivity index is 1.67. The van der Waals surface area contributed by atoms with Crippen LogP contribution in [0, 0.1) is 11.6 Å². The first-order chi connectivity index (χ1) is 14.5. The molecule has 12 heteroatoms. The van der Waals surface area contributed by atoms with E-state index in [1.807, 2.05) is 0 Å². The average Bonchev–Trinajstić information content (AvgIpc) is 3.34. The van der Waals surface area contributed by atoms with Crippen molar-refractivity contribution in [3.63, 3.8) is 0 Å². The van der Waals surface area contributed by atoms with Crippen molar-refractivity contribution in [2.75, 3.05) is 0 Å². The molecule has 4 aromatic rings. The van der Waals surface area contributed by atoms with Crippen molar-refractivity contribution in [2.45, 2.75) is 18.9 Å². The lowest BCUT2D eigenvalue weighted by atomic mass is 10.3. The standard InChI is InChI=1S/C18H13F2N7O3/c19-11-4-3-10(6-12(11)20)30-18-24-14-8(5-13-15(28)25-17(29)23-13)7-21-27(14)16(26-18)22-9-1-2-9/h3-7,9,28H,1-2H2,(H2,23,25,29). The van der Waals surface area contributed by atoms with E-state index in [4.69, 9.17) is 4.74 Å². The third-order valence-electron chi connectivity index (χ3n) is 4.34. The smallest absolute Gasteiger partial charge is 0.327 e. The van der Waals surface area contributed by atoms with Crippen LogP contribution in [0.25, 0.3) is 11.7 Å². The summed E-state index contributed by atoms with van der Waals surface area (Å²) in [7, 11) is 0. The maximum atomic E-state index is 13.5.